The number of carbonyl (C=O) groups excluding carboxylic acids is 1. The molecule has 1 atom stereocenters. The average molecular weight is 275 g/mol. The van der Waals surface area contributed by atoms with Gasteiger partial charge in [0.2, 0.25) is 0 Å². The lowest BCUT2D eigenvalue weighted by molar-refractivity contribution is -0.146. The van der Waals surface area contributed by atoms with E-state index in [0.717, 1.165) is 21.5 Å². The third kappa shape index (κ3) is 4.61. The zero-order valence-corrected chi connectivity index (χ0v) is 11.9. The molecular weight excluding hydrogens is 258 g/mol. The first-order valence-electron chi connectivity index (χ1n) is 5.26. The number of aryl methyl sites for hydroxylation is 1. The Morgan fingerprint density at radius 1 is 1.59 bits per heavy atom. The van der Waals surface area contributed by atoms with Crippen LogP contribution in [0.1, 0.15) is 24.8 Å². The predicted octanol–water partition coefficient (Wildman–Crippen LogP) is 1.61. The molecule has 1 heterocycles. The van der Waals surface area contributed by atoms with E-state index < -0.39 is 5.54 Å². The van der Waals surface area contributed by atoms with E-state index in [1.54, 1.807) is 30.0 Å². The Hall–Kier alpha value is -0.660. The molecule has 0 aliphatic carbocycles. The van der Waals surface area contributed by atoms with Crippen LogP contribution in [0.2, 0.25) is 0 Å². The molecule has 96 valence electrons. The molecule has 17 heavy (non-hydrogen) atoms. The molecule has 0 aliphatic heterocycles. The maximum Gasteiger partial charge on any atom is 0.325 e. The van der Waals surface area contributed by atoms with Gasteiger partial charge in [0.15, 0.2) is 4.34 Å². The fourth-order valence-electron chi connectivity index (χ4n) is 1.27. The van der Waals surface area contributed by atoms with Gasteiger partial charge in [0.05, 0.1) is 7.11 Å². The molecule has 0 aliphatic rings. The Labute approximate surface area is 109 Å². The number of aromatic nitrogens is 2. The molecule has 2 N–H and O–H groups in total. The second-order valence-electron chi connectivity index (χ2n) is 3.95. The number of thioether (sulfide) groups is 1. The minimum Gasteiger partial charge on any atom is -0.468 e. The van der Waals surface area contributed by atoms with Gasteiger partial charge < -0.3 is 10.5 Å². The Balaban J connectivity index is 2.26. The Kier molecular flexibility index (Phi) is 5.35. The molecule has 0 spiro atoms. The zero-order valence-electron chi connectivity index (χ0n) is 10.2. The van der Waals surface area contributed by atoms with Gasteiger partial charge in [0.1, 0.15) is 10.5 Å². The Morgan fingerprint density at radius 3 is 2.82 bits per heavy atom. The second kappa shape index (κ2) is 6.32. The number of nitrogens with two attached hydrogens (primary N) is 1. The molecule has 0 bridgehead atoms. The summed E-state index contributed by atoms with van der Waals surface area (Å²) < 4.78 is 5.60. The van der Waals surface area contributed by atoms with Crippen molar-refractivity contribution >= 4 is 29.1 Å². The van der Waals surface area contributed by atoms with Gasteiger partial charge in [0, 0.05) is 5.75 Å². The normalized spacial score (nSPS) is 14.4. The minimum absolute atomic E-state index is 0.366. The molecule has 0 saturated carbocycles. The third-order valence-electron chi connectivity index (χ3n) is 2.23. The Morgan fingerprint density at radius 2 is 2.29 bits per heavy atom. The summed E-state index contributed by atoms with van der Waals surface area (Å²) in [5, 5.41) is 8.91. The van der Waals surface area contributed by atoms with Gasteiger partial charge in [-0.1, -0.05) is 23.1 Å². The highest BCUT2D eigenvalue weighted by Gasteiger charge is 2.28. The fourth-order valence-corrected chi connectivity index (χ4v) is 3.10. The number of nitrogens with zero attached hydrogens (tertiary/aromatic N) is 2. The minimum atomic E-state index is -0.896. The summed E-state index contributed by atoms with van der Waals surface area (Å²) in [5.41, 5.74) is 4.95. The highest BCUT2D eigenvalue weighted by molar-refractivity contribution is 8.01. The van der Waals surface area contributed by atoms with Gasteiger partial charge in [-0.3, -0.25) is 4.79 Å². The topological polar surface area (TPSA) is 78.1 Å². The van der Waals surface area contributed by atoms with Crippen LogP contribution in [-0.4, -0.2) is 34.6 Å². The molecule has 1 aromatic rings. The molecule has 1 aromatic heterocycles. The molecule has 0 amide bonds. The fraction of sp³-hybridized carbons (Fsp3) is 0.700. The molecular formula is C10H17N3O2S2. The van der Waals surface area contributed by atoms with E-state index in [1.165, 1.54) is 7.11 Å². The van der Waals surface area contributed by atoms with Crippen molar-refractivity contribution in [3.05, 3.63) is 5.01 Å². The van der Waals surface area contributed by atoms with Crippen LogP contribution in [0.15, 0.2) is 4.34 Å². The molecule has 1 rings (SSSR count). The number of ether oxygens (including phenoxy) is 1. The lowest BCUT2D eigenvalue weighted by Gasteiger charge is -2.20. The number of rotatable bonds is 6. The Bertz CT molecular complexity index is 379. The highest BCUT2D eigenvalue weighted by Crippen LogP contribution is 2.23. The predicted molar refractivity (Wildman–Crippen MR) is 69.2 cm³/mol. The van der Waals surface area contributed by atoms with Gasteiger partial charge >= 0.3 is 5.97 Å². The van der Waals surface area contributed by atoms with Crippen LogP contribution in [0.5, 0.6) is 0 Å². The highest BCUT2D eigenvalue weighted by atomic mass is 32.2. The summed E-state index contributed by atoms with van der Waals surface area (Å²) in [7, 11) is 1.35. The van der Waals surface area contributed by atoms with Crippen LogP contribution in [0.4, 0.5) is 0 Å². The first-order chi connectivity index (χ1) is 7.95. The van der Waals surface area contributed by atoms with Crippen molar-refractivity contribution in [2.24, 2.45) is 5.73 Å². The van der Waals surface area contributed by atoms with Crippen LogP contribution >= 0.6 is 23.1 Å². The van der Waals surface area contributed by atoms with Crippen LogP contribution < -0.4 is 5.73 Å². The monoisotopic (exact) mass is 275 g/mol. The smallest absolute Gasteiger partial charge is 0.325 e. The van der Waals surface area contributed by atoms with Crippen LogP contribution in [0.3, 0.4) is 0 Å². The van der Waals surface area contributed by atoms with Gasteiger partial charge in [-0.05, 0) is 26.7 Å². The van der Waals surface area contributed by atoms with E-state index in [4.69, 9.17) is 5.73 Å². The quantitative estimate of drug-likeness (QED) is 0.483. The molecule has 5 nitrogen and oxygen atoms in total. The maximum atomic E-state index is 11.3. The van der Waals surface area contributed by atoms with Gasteiger partial charge in [-0.25, -0.2) is 0 Å². The number of hydrogen-bond acceptors (Lipinski definition) is 7. The number of hydrogen-bond donors (Lipinski definition) is 1. The van der Waals surface area contributed by atoms with Crippen LogP contribution in [-0.2, 0) is 9.53 Å². The van der Waals surface area contributed by atoms with Crippen molar-refractivity contribution in [2.75, 3.05) is 12.9 Å². The van der Waals surface area contributed by atoms with Crippen molar-refractivity contribution in [3.8, 4) is 0 Å². The lowest BCUT2D eigenvalue weighted by Crippen LogP contribution is -2.45. The van der Waals surface area contributed by atoms with Crippen LogP contribution in [0, 0.1) is 6.92 Å². The number of esters is 1. The summed E-state index contributed by atoms with van der Waals surface area (Å²) in [6.07, 6.45) is 1.44. The summed E-state index contributed by atoms with van der Waals surface area (Å²) in [6.45, 7) is 3.62. The summed E-state index contributed by atoms with van der Waals surface area (Å²) in [5.74, 6) is 0.507. The van der Waals surface area contributed by atoms with E-state index >= 15 is 0 Å². The van der Waals surface area contributed by atoms with E-state index in [1.807, 2.05) is 6.92 Å². The first kappa shape index (κ1) is 14.4. The molecule has 0 fully saturated rings. The molecule has 7 heteroatoms. The summed E-state index contributed by atoms with van der Waals surface area (Å²) >= 11 is 3.21. The van der Waals surface area contributed by atoms with E-state index in [-0.39, 0.29) is 5.97 Å². The SMILES string of the molecule is COC(=O)C(C)(N)CCCSc1nnc(C)s1. The van der Waals surface area contributed by atoms with E-state index in [9.17, 15) is 4.79 Å². The van der Waals surface area contributed by atoms with Crippen molar-refractivity contribution < 1.29 is 9.53 Å². The first-order valence-corrected chi connectivity index (χ1v) is 7.06. The maximum absolute atomic E-state index is 11.3. The van der Waals surface area contributed by atoms with Crippen molar-refractivity contribution in [2.45, 2.75) is 36.6 Å². The number of carbonyl (C=O) groups is 1. The van der Waals surface area contributed by atoms with E-state index in [0.29, 0.717) is 6.42 Å². The average Bonchev–Trinajstić information content (AvgIpc) is 2.69. The van der Waals surface area contributed by atoms with Gasteiger partial charge in [-0.15, -0.1) is 10.2 Å². The van der Waals surface area contributed by atoms with Crippen molar-refractivity contribution in [1.82, 2.24) is 10.2 Å². The molecule has 1 unspecified atom stereocenters. The van der Waals surface area contributed by atoms with Gasteiger partial charge in [0.25, 0.3) is 0 Å². The van der Waals surface area contributed by atoms with E-state index in [2.05, 4.69) is 14.9 Å². The third-order valence-corrected chi connectivity index (χ3v) is 4.28. The summed E-state index contributed by atoms with van der Waals surface area (Å²) in [6, 6.07) is 0. The summed E-state index contributed by atoms with van der Waals surface area (Å²) in [4.78, 5) is 11.3. The standard InChI is InChI=1S/C10H17N3O2S2/c1-7-12-13-9(17-7)16-6-4-5-10(2,11)8(14)15-3/h4-6,11H2,1-3H3. The lowest BCUT2D eigenvalue weighted by atomic mass is 9.98. The number of methoxy groups -OCH3 is 1. The van der Waals surface area contributed by atoms with Gasteiger partial charge in [-0.2, -0.15) is 0 Å². The zero-order chi connectivity index (χ0) is 12.9. The molecule has 0 saturated heterocycles. The van der Waals surface area contributed by atoms with Crippen LogP contribution in [0.25, 0.3) is 0 Å². The molecule has 0 radical (unpaired) electrons. The van der Waals surface area contributed by atoms with Crippen molar-refractivity contribution in [3.63, 3.8) is 0 Å². The largest absolute Gasteiger partial charge is 0.468 e. The molecule has 0 aromatic carbocycles. The second-order valence-corrected chi connectivity index (χ2v) is 6.47. The van der Waals surface area contributed by atoms with Crippen molar-refractivity contribution in [1.29, 1.82) is 0 Å².